The van der Waals surface area contributed by atoms with Crippen LogP contribution in [0.2, 0.25) is 0 Å². The molecular weight excluding hydrogens is 372 g/mol. The Labute approximate surface area is 183 Å². The standard InChI is InChI=1S/C27H44O3/c1-16-7-12-27(29-15-16)17(2)24-23(30-27)14-22-20-6-5-18-13-19(28)8-10-25(18,3)21(20)9-11-26(22,24)4/h16-24,28H,5-15H2,1-4H3/t16?,17-,18+,19-,20?,21?,22?,23-,24?,25-,26-,27+/m0/s1. The highest BCUT2D eigenvalue weighted by Crippen LogP contribution is 2.71. The van der Waals surface area contributed by atoms with Gasteiger partial charge in [0.05, 0.1) is 18.8 Å². The number of ether oxygens (including phenoxy) is 2. The summed E-state index contributed by atoms with van der Waals surface area (Å²) in [5, 5.41) is 10.3. The maximum atomic E-state index is 10.3. The van der Waals surface area contributed by atoms with Crippen molar-refractivity contribution >= 4 is 0 Å². The molecule has 0 aromatic heterocycles. The van der Waals surface area contributed by atoms with Gasteiger partial charge in [-0.2, -0.15) is 0 Å². The van der Waals surface area contributed by atoms with E-state index in [-0.39, 0.29) is 11.9 Å². The van der Waals surface area contributed by atoms with Crippen molar-refractivity contribution in [1.82, 2.24) is 0 Å². The smallest absolute Gasteiger partial charge is 0.171 e. The molecule has 6 rings (SSSR count). The van der Waals surface area contributed by atoms with Crippen molar-refractivity contribution in [3.63, 3.8) is 0 Å². The molecule has 3 heteroatoms. The van der Waals surface area contributed by atoms with Crippen molar-refractivity contribution in [2.75, 3.05) is 6.61 Å². The van der Waals surface area contributed by atoms with E-state index in [9.17, 15) is 5.11 Å². The van der Waals surface area contributed by atoms with Crippen LogP contribution in [0.15, 0.2) is 0 Å². The summed E-state index contributed by atoms with van der Waals surface area (Å²) in [5.74, 6) is 4.93. The molecule has 0 aromatic carbocycles. The summed E-state index contributed by atoms with van der Waals surface area (Å²) in [6.45, 7) is 10.9. The van der Waals surface area contributed by atoms with Gasteiger partial charge in [-0.1, -0.05) is 27.7 Å². The zero-order chi connectivity index (χ0) is 20.9. The van der Waals surface area contributed by atoms with Crippen LogP contribution in [-0.2, 0) is 9.47 Å². The van der Waals surface area contributed by atoms with Gasteiger partial charge in [-0.05, 0) is 104 Å². The fraction of sp³-hybridized carbons (Fsp3) is 1.00. The lowest BCUT2D eigenvalue weighted by Crippen LogP contribution is -2.55. The van der Waals surface area contributed by atoms with Gasteiger partial charge in [0.1, 0.15) is 0 Å². The monoisotopic (exact) mass is 416 g/mol. The summed E-state index contributed by atoms with van der Waals surface area (Å²) in [5.41, 5.74) is 0.899. The molecule has 6 aliphatic rings. The Morgan fingerprint density at radius 1 is 0.833 bits per heavy atom. The van der Waals surface area contributed by atoms with E-state index in [2.05, 4.69) is 27.7 Å². The molecule has 6 fully saturated rings. The summed E-state index contributed by atoms with van der Waals surface area (Å²) < 4.78 is 13.4. The lowest BCUT2D eigenvalue weighted by atomic mass is 9.44. The van der Waals surface area contributed by atoms with Crippen molar-refractivity contribution in [2.24, 2.45) is 52.3 Å². The van der Waals surface area contributed by atoms with Gasteiger partial charge in [0.2, 0.25) is 0 Å². The second-order valence-corrected chi connectivity index (χ2v) is 13.1. The second kappa shape index (κ2) is 6.70. The van der Waals surface area contributed by atoms with Crippen LogP contribution in [0, 0.1) is 52.3 Å². The minimum atomic E-state index is -0.282. The van der Waals surface area contributed by atoms with Crippen molar-refractivity contribution < 1.29 is 14.6 Å². The highest BCUT2D eigenvalue weighted by atomic mass is 16.7. The van der Waals surface area contributed by atoms with Gasteiger partial charge < -0.3 is 14.6 Å². The van der Waals surface area contributed by atoms with Crippen LogP contribution < -0.4 is 0 Å². The molecule has 1 N–H and O–H groups in total. The summed E-state index contributed by atoms with van der Waals surface area (Å²) in [6.07, 6.45) is 12.9. The summed E-state index contributed by atoms with van der Waals surface area (Å²) >= 11 is 0. The molecule has 0 aromatic rings. The van der Waals surface area contributed by atoms with Gasteiger partial charge in [0, 0.05) is 12.3 Å². The molecule has 5 unspecified atom stereocenters. The summed E-state index contributed by atoms with van der Waals surface area (Å²) in [6, 6.07) is 0. The lowest BCUT2D eigenvalue weighted by molar-refractivity contribution is -0.273. The van der Waals surface area contributed by atoms with Gasteiger partial charge in [-0.25, -0.2) is 0 Å². The van der Waals surface area contributed by atoms with E-state index < -0.39 is 0 Å². The predicted octanol–water partition coefficient (Wildman–Crippen LogP) is 5.79. The SMILES string of the molecule is CC1CC[C@@]2(OC1)O[C@H]1CC3C4CC[C@@H]5C[C@@H](O)CC[C@]5(C)C4CC[C@]3(C)C1[C@@H]2C. The highest BCUT2D eigenvalue weighted by molar-refractivity contribution is 5.15. The van der Waals surface area contributed by atoms with Crippen LogP contribution in [0.25, 0.3) is 0 Å². The number of aliphatic hydroxyl groups is 1. The van der Waals surface area contributed by atoms with Crippen molar-refractivity contribution in [1.29, 1.82) is 0 Å². The number of rotatable bonds is 0. The van der Waals surface area contributed by atoms with Crippen molar-refractivity contribution in [3.8, 4) is 0 Å². The van der Waals surface area contributed by atoms with E-state index in [0.29, 0.717) is 34.7 Å². The van der Waals surface area contributed by atoms with E-state index >= 15 is 0 Å². The third kappa shape index (κ3) is 2.61. The molecule has 4 aliphatic carbocycles. The quantitative estimate of drug-likeness (QED) is 0.543. The topological polar surface area (TPSA) is 38.7 Å². The summed E-state index contributed by atoms with van der Waals surface area (Å²) in [7, 11) is 0. The van der Waals surface area contributed by atoms with Crippen LogP contribution >= 0.6 is 0 Å². The normalized spacial score (nSPS) is 62.5. The largest absolute Gasteiger partial charge is 0.393 e. The van der Waals surface area contributed by atoms with Crippen molar-refractivity contribution in [2.45, 2.75) is 110 Å². The molecule has 170 valence electrons. The van der Waals surface area contributed by atoms with Crippen LogP contribution in [0.4, 0.5) is 0 Å². The van der Waals surface area contributed by atoms with Crippen molar-refractivity contribution in [3.05, 3.63) is 0 Å². The average molecular weight is 417 g/mol. The minimum Gasteiger partial charge on any atom is -0.393 e. The first-order chi connectivity index (χ1) is 14.3. The van der Waals surface area contributed by atoms with Gasteiger partial charge in [-0.3, -0.25) is 0 Å². The Bertz CT molecular complexity index is 684. The first kappa shape index (κ1) is 20.5. The van der Waals surface area contributed by atoms with Gasteiger partial charge in [0.15, 0.2) is 5.79 Å². The molecule has 0 bridgehead atoms. The Hall–Kier alpha value is -0.120. The third-order valence-electron chi connectivity index (χ3n) is 11.9. The molecule has 4 saturated carbocycles. The summed E-state index contributed by atoms with van der Waals surface area (Å²) in [4.78, 5) is 0. The first-order valence-corrected chi connectivity index (χ1v) is 13.3. The number of hydrogen-bond acceptors (Lipinski definition) is 3. The first-order valence-electron chi connectivity index (χ1n) is 13.3. The van der Waals surface area contributed by atoms with Gasteiger partial charge >= 0.3 is 0 Å². The molecule has 2 saturated heterocycles. The third-order valence-corrected chi connectivity index (χ3v) is 11.9. The molecule has 2 aliphatic heterocycles. The minimum absolute atomic E-state index is 0.0389. The predicted molar refractivity (Wildman–Crippen MR) is 118 cm³/mol. The lowest BCUT2D eigenvalue weighted by Gasteiger charge is -2.61. The van der Waals surface area contributed by atoms with Crippen LogP contribution in [0.1, 0.15) is 91.9 Å². The van der Waals surface area contributed by atoms with Crippen LogP contribution in [0.5, 0.6) is 0 Å². The Kier molecular flexibility index (Phi) is 4.58. The Morgan fingerprint density at radius 3 is 2.40 bits per heavy atom. The van der Waals surface area contributed by atoms with Gasteiger partial charge in [0.25, 0.3) is 0 Å². The fourth-order valence-corrected chi connectivity index (χ4v) is 10.3. The number of aliphatic hydroxyl groups excluding tert-OH is 1. The maximum absolute atomic E-state index is 10.3. The van der Waals surface area contributed by atoms with E-state index in [0.717, 1.165) is 49.5 Å². The molecule has 2 heterocycles. The van der Waals surface area contributed by atoms with E-state index in [1.54, 1.807) is 0 Å². The zero-order valence-electron chi connectivity index (χ0n) is 19.7. The Balaban J connectivity index is 1.26. The molecule has 30 heavy (non-hydrogen) atoms. The van der Waals surface area contributed by atoms with Crippen LogP contribution in [0.3, 0.4) is 0 Å². The highest BCUT2D eigenvalue weighted by Gasteiger charge is 2.69. The molecule has 3 nitrogen and oxygen atoms in total. The maximum Gasteiger partial charge on any atom is 0.171 e. The van der Waals surface area contributed by atoms with Crippen LogP contribution in [-0.4, -0.2) is 29.7 Å². The molecule has 0 amide bonds. The Morgan fingerprint density at radius 2 is 1.63 bits per heavy atom. The molecule has 0 radical (unpaired) electrons. The molecular formula is C27H44O3. The second-order valence-electron chi connectivity index (χ2n) is 13.1. The molecule has 12 atom stereocenters. The fourth-order valence-electron chi connectivity index (χ4n) is 10.3. The number of hydrogen-bond donors (Lipinski definition) is 1. The number of fused-ring (bicyclic) bond motifs is 7. The average Bonchev–Trinajstić information content (AvgIpc) is 3.16. The van der Waals surface area contributed by atoms with E-state index in [1.165, 1.54) is 44.9 Å². The van der Waals surface area contributed by atoms with E-state index in [1.807, 2.05) is 0 Å². The molecule has 1 spiro atoms. The zero-order valence-corrected chi connectivity index (χ0v) is 19.7. The van der Waals surface area contributed by atoms with Gasteiger partial charge in [-0.15, -0.1) is 0 Å². The van der Waals surface area contributed by atoms with E-state index in [4.69, 9.17) is 9.47 Å².